The number of likely N-dealkylation sites (tertiary alicyclic amines) is 1. The Kier molecular flexibility index (Phi) is 9.27. The average Bonchev–Trinajstić information content (AvgIpc) is 3.40. The van der Waals surface area contributed by atoms with Gasteiger partial charge in [0.1, 0.15) is 0 Å². The van der Waals surface area contributed by atoms with Crippen LogP contribution in [-0.2, 0) is 9.59 Å². The molecule has 232 valence electrons. The quantitative estimate of drug-likeness (QED) is 0.209. The molecule has 7 heteroatoms. The Morgan fingerprint density at radius 2 is 1.69 bits per heavy atom. The van der Waals surface area contributed by atoms with Gasteiger partial charge >= 0.3 is 5.97 Å². The lowest BCUT2D eigenvalue weighted by Gasteiger charge is -2.27. The summed E-state index contributed by atoms with van der Waals surface area (Å²) in [6.07, 6.45) is 14.0. The highest BCUT2D eigenvalue weighted by Crippen LogP contribution is 2.43. The van der Waals surface area contributed by atoms with Gasteiger partial charge < -0.3 is 10.0 Å². The van der Waals surface area contributed by atoms with Crippen LogP contribution in [0.3, 0.4) is 0 Å². The number of aliphatic carboxylic acids is 1. The van der Waals surface area contributed by atoms with Gasteiger partial charge in [0.05, 0.1) is 26.8 Å². The summed E-state index contributed by atoms with van der Waals surface area (Å²) in [5.41, 5.74) is 8.82. The van der Waals surface area contributed by atoms with Gasteiger partial charge in [-0.2, -0.15) is 0 Å². The van der Waals surface area contributed by atoms with Gasteiger partial charge in [-0.05, 0) is 123 Å². The van der Waals surface area contributed by atoms with Gasteiger partial charge in [-0.15, -0.1) is 11.3 Å². The number of carbonyl (C=O) groups excluding carboxylic acids is 1. The molecule has 1 saturated heterocycles. The third kappa shape index (κ3) is 6.94. The number of amides is 1. The molecule has 0 spiro atoms. The summed E-state index contributed by atoms with van der Waals surface area (Å²) in [6.45, 7) is 7.50. The summed E-state index contributed by atoms with van der Waals surface area (Å²) in [5.74, 6) is -0.560. The Hall–Kier alpha value is -4.10. The third-order valence-electron chi connectivity index (χ3n) is 9.23. The summed E-state index contributed by atoms with van der Waals surface area (Å²) >= 11 is 1.67. The number of carboxylic acid groups (broad SMARTS) is 1. The zero-order valence-electron chi connectivity index (χ0n) is 26.4. The number of benzene rings is 2. The van der Waals surface area contributed by atoms with E-state index in [9.17, 15) is 14.7 Å². The Morgan fingerprint density at radius 3 is 2.40 bits per heavy atom. The molecule has 6 nitrogen and oxygen atoms in total. The summed E-state index contributed by atoms with van der Waals surface area (Å²) in [4.78, 5) is 37.5. The summed E-state index contributed by atoms with van der Waals surface area (Å²) < 4.78 is 0. The van der Waals surface area contributed by atoms with Crippen molar-refractivity contribution in [2.45, 2.75) is 78.1 Å². The van der Waals surface area contributed by atoms with E-state index < -0.39 is 5.97 Å². The molecule has 0 radical (unpaired) electrons. The van der Waals surface area contributed by atoms with Crippen molar-refractivity contribution >= 4 is 45.8 Å². The number of hydrogen-bond donors (Lipinski definition) is 1. The highest BCUT2D eigenvalue weighted by molar-refractivity contribution is 7.15. The first-order chi connectivity index (χ1) is 21.8. The van der Waals surface area contributed by atoms with E-state index in [0.29, 0.717) is 11.5 Å². The van der Waals surface area contributed by atoms with E-state index >= 15 is 0 Å². The van der Waals surface area contributed by atoms with Crippen molar-refractivity contribution in [1.29, 1.82) is 0 Å². The Balaban J connectivity index is 1.49. The van der Waals surface area contributed by atoms with E-state index in [1.807, 2.05) is 31.7 Å². The molecular weight excluding hydrogens is 579 g/mol. The molecule has 2 aliphatic rings. The summed E-state index contributed by atoms with van der Waals surface area (Å²) in [5, 5.41) is 11.6. The number of hydrogen-bond acceptors (Lipinski definition) is 5. The lowest BCUT2D eigenvalue weighted by molar-refractivity contribution is -0.131. The molecule has 0 bridgehead atoms. The smallest absolute Gasteiger partial charge is 0.328 e. The van der Waals surface area contributed by atoms with Crippen LogP contribution in [0.5, 0.6) is 0 Å². The van der Waals surface area contributed by atoms with Crippen LogP contribution in [0.4, 0.5) is 0 Å². The molecule has 1 aliphatic heterocycles. The number of fused-ring (bicyclic) bond motifs is 1. The fourth-order valence-corrected chi connectivity index (χ4v) is 7.83. The minimum Gasteiger partial charge on any atom is -0.478 e. The van der Waals surface area contributed by atoms with Gasteiger partial charge in [0.2, 0.25) is 5.91 Å². The summed E-state index contributed by atoms with van der Waals surface area (Å²) in [6, 6.07) is 14.9. The molecular formula is C38H41N3O3S. The van der Waals surface area contributed by atoms with Crippen molar-refractivity contribution in [3.05, 3.63) is 82.0 Å². The first-order valence-electron chi connectivity index (χ1n) is 16.2. The van der Waals surface area contributed by atoms with Crippen LogP contribution in [0.15, 0.2) is 54.6 Å². The van der Waals surface area contributed by atoms with Crippen molar-refractivity contribution in [3.63, 3.8) is 0 Å². The Labute approximate surface area is 269 Å². The van der Waals surface area contributed by atoms with Gasteiger partial charge in [-0.3, -0.25) is 4.79 Å². The molecule has 2 aromatic heterocycles. The normalized spacial score (nSPS) is 16.5. The number of aromatic nitrogens is 2. The SMILES string of the molecule is CC(=CC(=O)O)c1cc(C=CC(=O)N2CCCCC2)c(-c2ccc3nc(-c4sc(C)nc4C)ccc3c2)c(C2CCCCC2)c1. The molecule has 4 aromatic rings. The van der Waals surface area contributed by atoms with E-state index in [2.05, 4.69) is 47.4 Å². The molecule has 0 atom stereocenters. The zero-order valence-corrected chi connectivity index (χ0v) is 27.3. The minimum absolute atomic E-state index is 0.0342. The standard InChI is InChI=1S/C38H41N3O3S/c1-24(20-36(43)44)31-22-30(14-17-35(42)41-18-8-5-9-19-41)37(32(23-31)27-10-6-4-7-11-27)29-13-15-33-28(21-29)12-16-34(40-33)38-25(2)39-26(3)45-38/h12-17,20-23,27H,4-11,18-19H2,1-3H3,(H,43,44). The number of carbonyl (C=O) groups is 2. The number of allylic oxidation sites excluding steroid dienone is 1. The zero-order chi connectivity index (χ0) is 31.5. The predicted octanol–water partition coefficient (Wildman–Crippen LogP) is 9.20. The highest BCUT2D eigenvalue weighted by Gasteiger charge is 2.23. The number of aryl methyl sites for hydroxylation is 2. The fourth-order valence-electron chi connectivity index (χ4n) is 6.94. The first kappa shape index (κ1) is 30.9. The number of nitrogens with zero attached hydrogens (tertiary/aromatic N) is 3. The maximum atomic E-state index is 13.3. The van der Waals surface area contributed by atoms with E-state index in [0.717, 1.165) is 93.2 Å². The van der Waals surface area contributed by atoms with E-state index in [1.54, 1.807) is 17.4 Å². The monoisotopic (exact) mass is 619 g/mol. The van der Waals surface area contributed by atoms with Crippen LogP contribution in [0, 0.1) is 13.8 Å². The average molecular weight is 620 g/mol. The van der Waals surface area contributed by atoms with Crippen molar-refractivity contribution in [2.24, 2.45) is 0 Å². The van der Waals surface area contributed by atoms with Crippen molar-refractivity contribution in [2.75, 3.05) is 13.1 Å². The second-order valence-corrected chi connectivity index (χ2v) is 13.7. The Bertz CT molecular complexity index is 1810. The minimum atomic E-state index is -0.960. The van der Waals surface area contributed by atoms with Gasteiger partial charge in [0.15, 0.2) is 0 Å². The lowest BCUT2D eigenvalue weighted by Crippen LogP contribution is -2.34. The molecule has 1 aliphatic carbocycles. The summed E-state index contributed by atoms with van der Waals surface area (Å²) in [7, 11) is 0. The fraction of sp³-hybridized carbons (Fsp3) is 0.368. The van der Waals surface area contributed by atoms with E-state index in [1.165, 1.54) is 37.3 Å². The van der Waals surface area contributed by atoms with Crippen LogP contribution >= 0.6 is 11.3 Å². The van der Waals surface area contributed by atoms with Gasteiger partial charge in [0, 0.05) is 30.6 Å². The maximum absolute atomic E-state index is 13.3. The second kappa shape index (κ2) is 13.5. The predicted molar refractivity (Wildman–Crippen MR) is 184 cm³/mol. The second-order valence-electron chi connectivity index (χ2n) is 12.5. The first-order valence-corrected chi connectivity index (χ1v) is 17.0. The number of piperidine rings is 1. The van der Waals surface area contributed by atoms with E-state index in [-0.39, 0.29) is 5.91 Å². The molecule has 6 rings (SSSR count). The lowest BCUT2D eigenvalue weighted by atomic mass is 9.78. The Morgan fingerprint density at radius 1 is 0.933 bits per heavy atom. The van der Waals surface area contributed by atoms with Gasteiger partial charge in [0.25, 0.3) is 0 Å². The molecule has 1 amide bonds. The molecule has 3 heterocycles. The highest BCUT2D eigenvalue weighted by atomic mass is 32.1. The molecule has 1 N–H and O–H groups in total. The molecule has 2 aromatic carbocycles. The number of carboxylic acids is 1. The van der Waals surface area contributed by atoms with Crippen molar-refractivity contribution in [1.82, 2.24) is 14.9 Å². The number of rotatable bonds is 7. The van der Waals surface area contributed by atoms with Crippen LogP contribution in [0.2, 0.25) is 0 Å². The number of thiazole rings is 1. The molecule has 2 fully saturated rings. The van der Waals surface area contributed by atoms with Crippen molar-refractivity contribution < 1.29 is 14.7 Å². The van der Waals surface area contributed by atoms with Gasteiger partial charge in [-0.1, -0.05) is 37.5 Å². The van der Waals surface area contributed by atoms with E-state index in [4.69, 9.17) is 4.98 Å². The van der Waals surface area contributed by atoms with Crippen LogP contribution in [-0.4, -0.2) is 44.9 Å². The van der Waals surface area contributed by atoms with Gasteiger partial charge in [-0.25, -0.2) is 14.8 Å². The molecule has 45 heavy (non-hydrogen) atoms. The largest absolute Gasteiger partial charge is 0.478 e. The molecule has 1 saturated carbocycles. The topological polar surface area (TPSA) is 83.4 Å². The maximum Gasteiger partial charge on any atom is 0.328 e. The van der Waals surface area contributed by atoms with Crippen LogP contribution in [0.25, 0.3) is 44.3 Å². The number of pyridine rings is 1. The van der Waals surface area contributed by atoms with Crippen LogP contribution < -0.4 is 0 Å². The third-order valence-corrected chi connectivity index (χ3v) is 10.3. The van der Waals surface area contributed by atoms with Crippen molar-refractivity contribution in [3.8, 4) is 21.7 Å². The molecule has 0 unspecified atom stereocenters. The van der Waals surface area contributed by atoms with Crippen LogP contribution in [0.1, 0.15) is 91.6 Å².